The van der Waals surface area contributed by atoms with Crippen molar-refractivity contribution < 1.29 is 0 Å². The van der Waals surface area contributed by atoms with Gasteiger partial charge in [0, 0.05) is 5.25 Å². The lowest BCUT2D eigenvalue weighted by molar-refractivity contribution is 0.482. The van der Waals surface area contributed by atoms with Gasteiger partial charge in [-0.05, 0) is 43.5 Å². The number of thioether (sulfide) groups is 1. The normalized spacial score (nSPS) is 48.5. The molecule has 1 saturated carbocycles. The zero-order valence-corrected chi connectivity index (χ0v) is 8.21. The molecule has 3 atom stereocenters. The Morgan fingerprint density at radius 1 is 1.55 bits per heavy atom. The van der Waals surface area contributed by atoms with Crippen molar-refractivity contribution in [1.29, 1.82) is 0 Å². The first kappa shape index (κ1) is 7.93. The van der Waals surface area contributed by atoms with Gasteiger partial charge in [0.1, 0.15) is 0 Å². The molecule has 1 saturated heterocycles. The van der Waals surface area contributed by atoms with E-state index in [9.17, 15) is 0 Å². The van der Waals surface area contributed by atoms with Crippen LogP contribution in [0.1, 0.15) is 19.8 Å². The summed E-state index contributed by atoms with van der Waals surface area (Å²) in [5.74, 6) is 2.44. The second-order valence-electron chi connectivity index (χ2n) is 4.15. The Balaban J connectivity index is 1.87. The van der Waals surface area contributed by atoms with Gasteiger partial charge in [0.2, 0.25) is 0 Å². The first-order valence-corrected chi connectivity index (χ1v) is 5.58. The van der Waals surface area contributed by atoms with E-state index in [1.807, 2.05) is 0 Å². The van der Waals surface area contributed by atoms with E-state index in [0.29, 0.717) is 0 Å². The van der Waals surface area contributed by atoms with Crippen LogP contribution in [0.3, 0.4) is 0 Å². The molecule has 0 amide bonds. The second-order valence-corrected chi connectivity index (χ2v) is 5.57. The Morgan fingerprint density at radius 3 is 2.91 bits per heavy atom. The summed E-state index contributed by atoms with van der Waals surface area (Å²) in [6.45, 7) is 3.61. The van der Waals surface area contributed by atoms with E-state index in [-0.39, 0.29) is 0 Å². The third-order valence-electron chi connectivity index (χ3n) is 3.16. The Labute approximate surface area is 73.3 Å². The molecular weight excluding hydrogens is 154 g/mol. The van der Waals surface area contributed by atoms with Crippen molar-refractivity contribution in [2.24, 2.45) is 11.3 Å². The zero-order chi connectivity index (χ0) is 7.90. The molecule has 2 fully saturated rings. The summed E-state index contributed by atoms with van der Waals surface area (Å²) < 4.78 is 0. The van der Waals surface area contributed by atoms with E-state index in [1.165, 1.54) is 25.1 Å². The summed E-state index contributed by atoms with van der Waals surface area (Å²) in [6, 6.07) is 0. The maximum absolute atomic E-state index is 3.29. The Bertz CT molecular complexity index is 160. The lowest BCUT2D eigenvalue weighted by Gasteiger charge is -2.06. The predicted molar refractivity (Wildman–Crippen MR) is 51.0 cm³/mol. The molecule has 2 aliphatic rings. The van der Waals surface area contributed by atoms with Gasteiger partial charge in [-0.15, -0.1) is 0 Å². The first-order valence-electron chi connectivity index (χ1n) is 4.53. The highest BCUT2D eigenvalue weighted by Gasteiger charge is 2.56. The van der Waals surface area contributed by atoms with Gasteiger partial charge in [-0.25, -0.2) is 0 Å². The van der Waals surface area contributed by atoms with Gasteiger partial charge in [-0.1, -0.05) is 6.92 Å². The molecule has 0 bridgehead atoms. The molecule has 2 heteroatoms. The highest BCUT2D eigenvalue weighted by Crippen LogP contribution is 2.62. The molecule has 1 nitrogen and oxygen atoms in total. The van der Waals surface area contributed by atoms with Crippen molar-refractivity contribution in [3.8, 4) is 0 Å². The highest BCUT2D eigenvalue weighted by atomic mass is 32.2. The van der Waals surface area contributed by atoms with Gasteiger partial charge < -0.3 is 5.32 Å². The zero-order valence-electron chi connectivity index (χ0n) is 7.39. The fraction of sp³-hybridized carbons (Fsp3) is 1.00. The summed E-state index contributed by atoms with van der Waals surface area (Å²) in [7, 11) is 2.07. The number of hydrogen-bond acceptors (Lipinski definition) is 2. The first-order chi connectivity index (χ1) is 5.27. The highest BCUT2D eigenvalue weighted by molar-refractivity contribution is 8.00. The summed E-state index contributed by atoms with van der Waals surface area (Å²) in [4.78, 5) is 0. The molecule has 64 valence electrons. The Kier molecular flexibility index (Phi) is 1.92. The lowest BCUT2D eigenvalue weighted by atomic mass is 10.0. The van der Waals surface area contributed by atoms with Crippen LogP contribution in [0, 0.1) is 11.3 Å². The molecule has 1 aliphatic heterocycles. The van der Waals surface area contributed by atoms with Crippen molar-refractivity contribution >= 4 is 11.8 Å². The van der Waals surface area contributed by atoms with Crippen LogP contribution in [0.15, 0.2) is 0 Å². The third-order valence-corrected chi connectivity index (χ3v) is 4.64. The van der Waals surface area contributed by atoms with Crippen LogP contribution >= 0.6 is 11.8 Å². The molecule has 1 spiro atoms. The van der Waals surface area contributed by atoms with Crippen LogP contribution in [0.4, 0.5) is 0 Å². The molecule has 3 unspecified atom stereocenters. The molecular formula is C9H17NS. The fourth-order valence-electron chi connectivity index (χ4n) is 2.39. The van der Waals surface area contributed by atoms with Gasteiger partial charge in [-0.3, -0.25) is 0 Å². The number of rotatable bonds is 2. The van der Waals surface area contributed by atoms with E-state index < -0.39 is 0 Å². The minimum atomic E-state index is 0.785. The van der Waals surface area contributed by atoms with Crippen molar-refractivity contribution in [3.63, 3.8) is 0 Å². The average molecular weight is 171 g/mol. The topological polar surface area (TPSA) is 12.0 Å². The largest absolute Gasteiger partial charge is 0.319 e. The fourth-order valence-corrected chi connectivity index (χ4v) is 3.93. The predicted octanol–water partition coefficient (Wildman–Crippen LogP) is 1.74. The van der Waals surface area contributed by atoms with Gasteiger partial charge in [-0.2, -0.15) is 11.8 Å². The summed E-state index contributed by atoms with van der Waals surface area (Å²) in [5.41, 5.74) is 0.785. The van der Waals surface area contributed by atoms with Gasteiger partial charge in [0.25, 0.3) is 0 Å². The van der Waals surface area contributed by atoms with Gasteiger partial charge in [0.05, 0.1) is 0 Å². The molecule has 0 aromatic heterocycles. The quantitative estimate of drug-likeness (QED) is 0.679. The van der Waals surface area contributed by atoms with Crippen molar-refractivity contribution in [3.05, 3.63) is 0 Å². The molecule has 0 aromatic carbocycles. The van der Waals surface area contributed by atoms with Crippen LogP contribution in [-0.2, 0) is 0 Å². The summed E-state index contributed by atoms with van der Waals surface area (Å²) in [5, 5.41) is 4.21. The van der Waals surface area contributed by atoms with E-state index in [2.05, 4.69) is 31.1 Å². The minimum Gasteiger partial charge on any atom is -0.319 e. The van der Waals surface area contributed by atoms with Crippen LogP contribution in [0.25, 0.3) is 0 Å². The van der Waals surface area contributed by atoms with E-state index >= 15 is 0 Å². The van der Waals surface area contributed by atoms with Crippen LogP contribution in [0.5, 0.6) is 0 Å². The number of hydrogen-bond donors (Lipinski definition) is 1. The maximum atomic E-state index is 3.29. The molecule has 1 N–H and O–H groups in total. The maximum Gasteiger partial charge on any atom is 0.00246 e. The van der Waals surface area contributed by atoms with E-state index in [1.54, 1.807) is 0 Å². The molecule has 1 heterocycles. The van der Waals surface area contributed by atoms with Crippen LogP contribution < -0.4 is 5.32 Å². The molecule has 2 rings (SSSR count). The van der Waals surface area contributed by atoms with Crippen LogP contribution in [0.2, 0.25) is 0 Å². The van der Waals surface area contributed by atoms with Crippen LogP contribution in [-0.4, -0.2) is 24.6 Å². The molecule has 0 radical (unpaired) electrons. The van der Waals surface area contributed by atoms with Crippen molar-refractivity contribution in [2.75, 3.05) is 19.3 Å². The van der Waals surface area contributed by atoms with Gasteiger partial charge >= 0.3 is 0 Å². The Hall–Kier alpha value is 0.310. The summed E-state index contributed by atoms with van der Waals surface area (Å²) in [6.07, 6.45) is 2.97. The third kappa shape index (κ3) is 1.31. The lowest BCUT2D eigenvalue weighted by Crippen LogP contribution is -2.15. The minimum absolute atomic E-state index is 0.785. The smallest absolute Gasteiger partial charge is 0.00246 e. The summed E-state index contributed by atoms with van der Waals surface area (Å²) >= 11 is 2.17. The number of nitrogens with one attached hydrogen (secondary N) is 1. The standard InChI is InChI=1S/C9H17NS/c1-7-3-9(6-11-7)4-8(9)5-10-2/h7-8,10H,3-6H2,1-2H3. The molecule has 0 aromatic rings. The van der Waals surface area contributed by atoms with Crippen molar-refractivity contribution in [1.82, 2.24) is 5.32 Å². The second kappa shape index (κ2) is 2.67. The SMILES string of the molecule is CNCC1CC12CSC(C)C2. The Morgan fingerprint density at radius 2 is 2.36 bits per heavy atom. The van der Waals surface area contributed by atoms with E-state index in [0.717, 1.165) is 16.6 Å². The monoisotopic (exact) mass is 171 g/mol. The van der Waals surface area contributed by atoms with Gasteiger partial charge in [0.15, 0.2) is 0 Å². The van der Waals surface area contributed by atoms with E-state index in [4.69, 9.17) is 0 Å². The molecule has 1 aliphatic carbocycles. The average Bonchev–Trinajstić information content (AvgIpc) is 2.46. The van der Waals surface area contributed by atoms with Crippen molar-refractivity contribution in [2.45, 2.75) is 25.0 Å². The molecule has 11 heavy (non-hydrogen) atoms.